The van der Waals surface area contributed by atoms with Crippen molar-refractivity contribution in [3.63, 3.8) is 0 Å². The summed E-state index contributed by atoms with van der Waals surface area (Å²) in [5.41, 5.74) is 0. The molecular weight excluding hydrogens is 184 g/mol. The van der Waals surface area contributed by atoms with Gasteiger partial charge in [0, 0.05) is 7.47 Å². The summed E-state index contributed by atoms with van der Waals surface area (Å²) in [7, 11) is 0. The molecule has 2 heterocycles. The topological polar surface area (TPSA) is 15.3 Å². The monoisotopic (exact) mass is 214 g/mol. The zero-order valence-electron chi connectivity index (χ0n) is 10.8. The average molecular weight is 214 g/mol. The molecule has 2 fully saturated rings. The van der Waals surface area contributed by atoms with E-state index in [4.69, 9.17) is 0 Å². The van der Waals surface area contributed by atoms with E-state index in [1.807, 2.05) is 0 Å². The first-order valence-corrected chi connectivity index (χ1v) is 6.68. The second kappa shape index (κ2) is 7.24. The molecule has 0 aromatic heterocycles. The van der Waals surface area contributed by atoms with Crippen LogP contribution in [0, 0.1) is 5.92 Å². The van der Waals surface area contributed by atoms with Gasteiger partial charge in [-0.3, -0.25) is 0 Å². The summed E-state index contributed by atoms with van der Waals surface area (Å²) in [6.07, 6.45) is 5.58. The van der Waals surface area contributed by atoms with E-state index in [0.29, 0.717) is 0 Å². The highest BCUT2D eigenvalue weighted by Gasteiger charge is 2.13. The maximum Gasteiger partial charge on any atom is 0.00385 e. The Morgan fingerprint density at radius 3 is 2.27 bits per heavy atom. The van der Waals surface area contributed by atoms with Crippen molar-refractivity contribution in [2.45, 2.75) is 52.5 Å². The minimum Gasteiger partial charge on any atom is -0.316 e. The van der Waals surface area contributed by atoms with Crippen molar-refractivity contribution in [3.8, 4) is 0 Å². The molecule has 1 N–H and O–H groups in total. The third-order valence-electron chi connectivity index (χ3n) is 3.61. The van der Waals surface area contributed by atoms with Gasteiger partial charge >= 0.3 is 0 Å². The molecule has 15 heavy (non-hydrogen) atoms. The summed E-state index contributed by atoms with van der Waals surface area (Å²) in [6.45, 7) is 12.0. The minimum absolute atomic E-state index is 0. The number of hydrogen-bond acceptors (Lipinski definition) is 2. The highest BCUT2D eigenvalue weighted by Crippen LogP contribution is 2.10. The quantitative estimate of drug-likeness (QED) is 0.760. The van der Waals surface area contributed by atoms with Crippen LogP contribution in [0.2, 0.25) is 0 Å². The van der Waals surface area contributed by atoms with E-state index in [0.717, 1.165) is 12.0 Å². The minimum atomic E-state index is 0. The van der Waals surface area contributed by atoms with E-state index in [9.17, 15) is 0 Å². The molecule has 0 amide bonds. The van der Waals surface area contributed by atoms with Gasteiger partial charge in [0.2, 0.25) is 0 Å². The normalized spacial score (nSPS) is 26.8. The lowest BCUT2D eigenvalue weighted by atomic mass is 10.1. The van der Waals surface area contributed by atoms with Gasteiger partial charge in [-0.15, -0.1) is 0 Å². The zero-order valence-corrected chi connectivity index (χ0v) is 10.8. The van der Waals surface area contributed by atoms with Crippen molar-refractivity contribution < 1.29 is 1.43 Å². The van der Waals surface area contributed by atoms with E-state index in [2.05, 4.69) is 31.0 Å². The van der Waals surface area contributed by atoms with E-state index in [-0.39, 0.29) is 1.43 Å². The fourth-order valence-electron chi connectivity index (χ4n) is 2.32. The maximum absolute atomic E-state index is 3.32. The Labute approximate surface area is 96.9 Å². The van der Waals surface area contributed by atoms with Gasteiger partial charge in [0.15, 0.2) is 0 Å². The van der Waals surface area contributed by atoms with Crippen molar-refractivity contribution in [3.05, 3.63) is 0 Å². The number of rotatable bonds is 2. The summed E-state index contributed by atoms with van der Waals surface area (Å²) < 4.78 is 0. The van der Waals surface area contributed by atoms with Crippen LogP contribution in [0.4, 0.5) is 0 Å². The molecule has 1 unspecified atom stereocenters. The third kappa shape index (κ3) is 4.98. The second-order valence-electron chi connectivity index (χ2n) is 5.10. The Morgan fingerprint density at radius 2 is 2.00 bits per heavy atom. The molecule has 2 rings (SSSR count). The highest BCUT2D eigenvalue weighted by molar-refractivity contribution is 4.69. The molecule has 0 spiro atoms. The van der Waals surface area contributed by atoms with Crippen LogP contribution in [-0.2, 0) is 0 Å². The largest absolute Gasteiger partial charge is 0.316 e. The van der Waals surface area contributed by atoms with Crippen LogP contribution < -0.4 is 5.32 Å². The number of nitrogens with one attached hydrogen (secondary N) is 1. The smallest absolute Gasteiger partial charge is 0.00385 e. The molecule has 0 aromatic carbocycles. The van der Waals surface area contributed by atoms with Gasteiger partial charge in [-0.25, -0.2) is 0 Å². The van der Waals surface area contributed by atoms with Crippen LogP contribution in [0.1, 0.15) is 47.9 Å². The van der Waals surface area contributed by atoms with E-state index >= 15 is 0 Å². The molecule has 2 aliphatic rings. The summed E-state index contributed by atoms with van der Waals surface area (Å²) in [5, 5.41) is 3.32. The molecular formula is C13H30N2. The van der Waals surface area contributed by atoms with Gasteiger partial charge in [-0.05, 0) is 65.2 Å². The van der Waals surface area contributed by atoms with Crippen molar-refractivity contribution >= 4 is 0 Å². The maximum atomic E-state index is 3.32. The van der Waals surface area contributed by atoms with Crippen LogP contribution in [0.25, 0.3) is 0 Å². The average Bonchev–Trinajstić information content (AvgIpc) is 2.92. The van der Waals surface area contributed by atoms with Gasteiger partial charge in [-0.1, -0.05) is 13.3 Å². The standard InChI is InChI=1S/C7H15N.C6H13N.H2/c1-7(2)8-5-3-4-6-8;1-2-6-3-4-7-5-6;/h7H,3-6H2,1-2H3;6-7H,2-5H2,1H3;1H. The number of likely N-dealkylation sites (tertiary alicyclic amines) is 1. The zero-order chi connectivity index (χ0) is 11.1. The molecule has 0 aromatic rings. The van der Waals surface area contributed by atoms with Crippen molar-refractivity contribution in [1.82, 2.24) is 10.2 Å². The molecule has 0 radical (unpaired) electrons. The first-order valence-electron chi connectivity index (χ1n) is 6.68. The number of nitrogens with zero attached hydrogens (tertiary/aromatic N) is 1. The predicted octanol–water partition coefficient (Wildman–Crippen LogP) is 2.74. The van der Waals surface area contributed by atoms with Crippen molar-refractivity contribution in [2.24, 2.45) is 5.92 Å². The SMILES string of the molecule is CC(C)N1CCCC1.CCC1CCNC1.[HH]. The first-order chi connectivity index (χ1) is 7.24. The summed E-state index contributed by atoms with van der Waals surface area (Å²) in [5.74, 6) is 0.986. The summed E-state index contributed by atoms with van der Waals surface area (Å²) in [6, 6.07) is 0.775. The summed E-state index contributed by atoms with van der Waals surface area (Å²) >= 11 is 0. The molecule has 2 aliphatic heterocycles. The predicted molar refractivity (Wildman–Crippen MR) is 69.3 cm³/mol. The Hall–Kier alpha value is -0.0800. The van der Waals surface area contributed by atoms with E-state index < -0.39 is 0 Å². The third-order valence-corrected chi connectivity index (χ3v) is 3.61. The fraction of sp³-hybridized carbons (Fsp3) is 1.00. The molecule has 2 nitrogen and oxygen atoms in total. The molecule has 92 valence electrons. The fourth-order valence-corrected chi connectivity index (χ4v) is 2.32. The van der Waals surface area contributed by atoms with Crippen LogP contribution in [-0.4, -0.2) is 37.1 Å². The van der Waals surface area contributed by atoms with Crippen molar-refractivity contribution in [1.29, 1.82) is 0 Å². The van der Waals surface area contributed by atoms with Crippen LogP contribution in [0.5, 0.6) is 0 Å². The van der Waals surface area contributed by atoms with Gasteiger partial charge in [0.25, 0.3) is 0 Å². The number of hydrogen-bond donors (Lipinski definition) is 1. The van der Waals surface area contributed by atoms with Gasteiger partial charge < -0.3 is 10.2 Å². The lowest BCUT2D eigenvalue weighted by molar-refractivity contribution is 0.276. The summed E-state index contributed by atoms with van der Waals surface area (Å²) in [4.78, 5) is 2.53. The Kier molecular flexibility index (Phi) is 6.26. The van der Waals surface area contributed by atoms with Gasteiger partial charge in [-0.2, -0.15) is 0 Å². The van der Waals surface area contributed by atoms with E-state index in [1.165, 1.54) is 51.9 Å². The molecule has 2 heteroatoms. The van der Waals surface area contributed by atoms with Crippen molar-refractivity contribution in [2.75, 3.05) is 26.2 Å². The van der Waals surface area contributed by atoms with E-state index in [1.54, 1.807) is 0 Å². The van der Waals surface area contributed by atoms with Crippen LogP contribution in [0.15, 0.2) is 0 Å². The van der Waals surface area contributed by atoms with Crippen LogP contribution in [0.3, 0.4) is 0 Å². The lowest BCUT2D eigenvalue weighted by Gasteiger charge is -2.18. The Morgan fingerprint density at radius 1 is 1.33 bits per heavy atom. The molecule has 0 saturated carbocycles. The Bertz CT molecular complexity index is 150. The van der Waals surface area contributed by atoms with Crippen LogP contribution >= 0.6 is 0 Å². The second-order valence-corrected chi connectivity index (χ2v) is 5.10. The highest BCUT2D eigenvalue weighted by atomic mass is 15.2. The molecule has 1 atom stereocenters. The first kappa shape index (κ1) is 13.0. The molecule has 2 saturated heterocycles. The molecule has 0 aliphatic carbocycles. The lowest BCUT2D eigenvalue weighted by Crippen LogP contribution is -2.26. The van der Waals surface area contributed by atoms with Gasteiger partial charge in [0.05, 0.1) is 0 Å². The Balaban J connectivity index is 0.000000267. The van der Waals surface area contributed by atoms with Gasteiger partial charge in [0.1, 0.15) is 0 Å². The molecule has 0 bridgehead atoms.